The molecule has 5 heteroatoms. The summed E-state index contributed by atoms with van der Waals surface area (Å²) in [6, 6.07) is 3.77. The molecule has 1 atom stereocenters. The maximum absolute atomic E-state index is 11.7. The van der Waals surface area contributed by atoms with Crippen molar-refractivity contribution >= 4 is 34.3 Å². The number of aryl methyl sites for hydroxylation is 1. The van der Waals surface area contributed by atoms with E-state index in [-0.39, 0.29) is 12.0 Å². The van der Waals surface area contributed by atoms with Crippen molar-refractivity contribution in [3.63, 3.8) is 0 Å². The Labute approximate surface area is 114 Å². The second-order valence-electron chi connectivity index (χ2n) is 4.15. The molecule has 1 aromatic rings. The summed E-state index contributed by atoms with van der Waals surface area (Å²) in [5, 5.41) is 2.80. The molecule has 2 rings (SSSR count). The molecule has 1 amide bonds. The first-order valence-electron chi connectivity index (χ1n) is 5.70. The number of rotatable bonds is 3. The van der Waals surface area contributed by atoms with Gasteiger partial charge in [-0.1, -0.05) is 0 Å². The van der Waals surface area contributed by atoms with Gasteiger partial charge in [0.2, 0.25) is 5.91 Å². The molecule has 0 bridgehead atoms. The summed E-state index contributed by atoms with van der Waals surface area (Å²) in [7, 11) is 0. The monoisotopic (exact) mass is 346 g/mol. The summed E-state index contributed by atoms with van der Waals surface area (Å²) in [4.78, 5) is 16.0. The molecule has 0 aliphatic carbocycles. The fourth-order valence-electron chi connectivity index (χ4n) is 1.82. The van der Waals surface area contributed by atoms with Gasteiger partial charge < -0.3 is 10.1 Å². The zero-order valence-corrected chi connectivity index (χ0v) is 11.9. The van der Waals surface area contributed by atoms with Gasteiger partial charge in [-0.3, -0.25) is 4.79 Å². The smallest absolute Gasteiger partial charge is 0.228 e. The first-order chi connectivity index (χ1) is 8.15. The standard InChI is InChI=1S/C12H15IN2O2/c1-8-10(13)4-5-11(14-8)15-12(16)7-9-3-2-6-17-9/h4-5,9H,2-3,6-7H2,1H3,(H,14,15,16)/t9-/m0/s1. The molecule has 92 valence electrons. The van der Waals surface area contributed by atoms with Crippen molar-refractivity contribution in [2.75, 3.05) is 11.9 Å². The van der Waals surface area contributed by atoms with E-state index in [4.69, 9.17) is 4.74 Å². The highest BCUT2D eigenvalue weighted by Crippen LogP contribution is 2.17. The number of amides is 1. The first-order valence-corrected chi connectivity index (χ1v) is 6.77. The van der Waals surface area contributed by atoms with Crippen LogP contribution in [0.5, 0.6) is 0 Å². The van der Waals surface area contributed by atoms with Gasteiger partial charge in [0, 0.05) is 10.2 Å². The highest BCUT2D eigenvalue weighted by atomic mass is 127. The Balaban J connectivity index is 1.90. The van der Waals surface area contributed by atoms with Crippen molar-refractivity contribution in [1.29, 1.82) is 0 Å². The van der Waals surface area contributed by atoms with Gasteiger partial charge in [0.25, 0.3) is 0 Å². The summed E-state index contributed by atoms with van der Waals surface area (Å²) in [6.07, 6.45) is 2.54. The third-order valence-electron chi connectivity index (χ3n) is 2.73. The number of carbonyl (C=O) groups is 1. The van der Waals surface area contributed by atoms with Crippen LogP contribution in [-0.2, 0) is 9.53 Å². The van der Waals surface area contributed by atoms with Gasteiger partial charge in [-0.2, -0.15) is 0 Å². The van der Waals surface area contributed by atoms with Gasteiger partial charge in [0.05, 0.1) is 18.2 Å². The van der Waals surface area contributed by atoms with Gasteiger partial charge in [-0.15, -0.1) is 0 Å². The lowest BCUT2D eigenvalue weighted by Crippen LogP contribution is -2.19. The van der Waals surface area contributed by atoms with E-state index in [1.807, 2.05) is 19.1 Å². The minimum Gasteiger partial charge on any atom is -0.378 e. The van der Waals surface area contributed by atoms with E-state index in [0.717, 1.165) is 28.7 Å². The van der Waals surface area contributed by atoms with Gasteiger partial charge in [-0.05, 0) is 54.5 Å². The van der Waals surface area contributed by atoms with Crippen molar-refractivity contribution in [3.05, 3.63) is 21.4 Å². The minimum absolute atomic E-state index is 0.0231. The third-order valence-corrected chi connectivity index (χ3v) is 3.87. The zero-order chi connectivity index (χ0) is 12.3. The molecule has 0 saturated carbocycles. The lowest BCUT2D eigenvalue weighted by Gasteiger charge is -2.09. The van der Waals surface area contributed by atoms with E-state index >= 15 is 0 Å². The Bertz CT molecular complexity index is 417. The number of nitrogens with zero attached hydrogens (tertiary/aromatic N) is 1. The largest absolute Gasteiger partial charge is 0.378 e. The number of hydrogen-bond acceptors (Lipinski definition) is 3. The van der Waals surface area contributed by atoms with Crippen LogP contribution in [0.1, 0.15) is 25.0 Å². The number of aromatic nitrogens is 1. The molecule has 1 saturated heterocycles. The quantitative estimate of drug-likeness (QED) is 0.856. The van der Waals surface area contributed by atoms with Gasteiger partial charge in [0.1, 0.15) is 5.82 Å². The van der Waals surface area contributed by atoms with E-state index in [2.05, 4.69) is 32.9 Å². The molecular weight excluding hydrogens is 331 g/mol. The highest BCUT2D eigenvalue weighted by molar-refractivity contribution is 14.1. The molecule has 1 fully saturated rings. The maximum atomic E-state index is 11.7. The van der Waals surface area contributed by atoms with E-state index < -0.39 is 0 Å². The molecular formula is C12H15IN2O2. The summed E-state index contributed by atoms with van der Waals surface area (Å²) >= 11 is 2.22. The molecule has 0 aromatic carbocycles. The zero-order valence-electron chi connectivity index (χ0n) is 9.70. The van der Waals surface area contributed by atoms with Gasteiger partial charge in [0.15, 0.2) is 0 Å². The number of halogens is 1. The van der Waals surface area contributed by atoms with Crippen molar-refractivity contribution in [3.8, 4) is 0 Å². The van der Waals surface area contributed by atoms with E-state index in [0.29, 0.717) is 12.2 Å². The van der Waals surface area contributed by atoms with Crippen LogP contribution in [0.4, 0.5) is 5.82 Å². The van der Waals surface area contributed by atoms with Crippen LogP contribution in [0.3, 0.4) is 0 Å². The van der Waals surface area contributed by atoms with Gasteiger partial charge >= 0.3 is 0 Å². The lowest BCUT2D eigenvalue weighted by atomic mass is 10.2. The minimum atomic E-state index is -0.0231. The van der Waals surface area contributed by atoms with Gasteiger partial charge in [-0.25, -0.2) is 4.98 Å². The first kappa shape index (κ1) is 12.8. The molecule has 4 nitrogen and oxygen atoms in total. The van der Waals surface area contributed by atoms with Crippen molar-refractivity contribution in [2.45, 2.75) is 32.3 Å². The summed E-state index contributed by atoms with van der Waals surface area (Å²) in [6.45, 7) is 2.70. The van der Waals surface area contributed by atoms with Crippen molar-refractivity contribution < 1.29 is 9.53 Å². The number of hydrogen-bond donors (Lipinski definition) is 1. The van der Waals surface area contributed by atoms with Crippen LogP contribution >= 0.6 is 22.6 Å². The Morgan fingerprint density at radius 3 is 3.12 bits per heavy atom. The maximum Gasteiger partial charge on any atom is 0.228 e. The summed E-state index contributed by atoms with van der Waals surface area (Å²) in [5.41, 5.74) is 0.931. The third kappa shape index (κ3) is 3.64. The molecule has 1 aromatic heterocycles. The van der Waals surface area contributed by atoms with E-state index in [9.17, 15) is 4.79 Å². The fourth-order valence-corrected chi connectivity index (χ4v) is 2.12. The van der Waals surface area contributed by atoms with Crippen molar-refractivity contribution in [1.82, 2.24) is 4.98 Å². The van der Waals surface area contributed by atoms with E-state index in [1.54, 1.807) is 0 Å². The van der Waals surface area contributed by atoms with Crippen LogP contribution in [0.25, 0.3) is 0 Å². The Morgan fingerprint density at radius 1 is 1.65 bits per heavy atom. The predicted octanol–water partition coefficient (Wildman–Crippen LogP) is 2.50. The molecule has 0 radical (unpaired) electrons. The predicted molar refractivity (Wildman–Crippen MR) is 73.9 cm³/mol. The SMILES string of the molecule is Cc1nc(NC(=O)C[C@@H]2CCCO2)ccc1I. The lowest BCUT2D eigenvalue weighted by molar-refractivity contribution is -0.118. The van der Waals surface area contributed by atoms with Crippen LogP contribution in [0, 0.1) is 10.5 Å². The molecule has 1 aliphatic rings. The second-order valence-corrected chi connectivity index (χ2v) is 5.31. The Hall–Kier alpha value is -0.690. The number of carbonyl (C=O) groups excluding carboxylic acids is 1. The number of anilines is 1. The van der Waals surface area contributed by atoms with E-state index in [1.165, 1.54) is 0 Å². The molecule has 1 aliphatic heterocycles. The molecule has 2 heterocycles. The number of nitrogens with one attached hydrogen (secondary N) is 1. The molecule has 0 unspecified atom stereocenters. The topological polar surface area (TPSA) is 51.2 Å². The highest BCUT2D eigenvalue weighted by Gasteiger charge is 2.19. The van der Waals surface area contributed by atoms with Crippen molar-refractivity contribution in [2.24, 2.45) is 0 Å². The number of ether oxygens (including phenoxy) is 1. The fraction of sp³-hybridized carbons (Fsp3) is 0.500. The van der Waals surface area contributed by atoms with Crippen LogP contribution in [0.15, 0.2) is 12.1 Å². The van der Waals surface area contributed by atoms with Crippen LogP contribution in [0.2, 0.25) is 0 Å². The average Bonchev–Trinajstić information content (AvgIpc) is 2.76. The molecule has 0 spiro atoms. The molecule has 1 N–H and O–H groups in total. The molecule has 17 heavy (non-hydrogen) atoms. The normalized spacial score (nSPS) is 19.3. The number of pyridine rings is 1. The summed E-state index contributed by atoms with van der Waals surface area (Å²) in [5.74, 6) is 0.593. The Morgan fingerprint density at radius 2 is 2.47 bits per heavy atom. The van der Waals surface area contributed by atoms with Crippen LogP contribution in [-0.4, -0.2) is 23.6 Å². The average molecular weight is 346 g/mol. The summed E-state index contributed by atoms with van der Waals surface area (Å²) < 4.78 is 6.52. The Kier molecular flexibility index (Phi) is 4.33. The van der Waals surface area contributed by atoms with Crippen LogP contribution < -0.4 is 5.32 Å². The second kappa shape index (κ2) is 5.77.